The van der Waals surface area contributed by atoms with Gasteiger partial charge in [-0.3, -0.25) is 0 Å². The zero-order chi connectivity index (χ0) is 13.8. The van der Waals surface area contributed by atoms with E-state index in [9.17, 15) is 4.79 Å². The molecular formula is C13H17N3O2S. The van der Waals surface area contributed by atoms with Crippen LogP contribution in [0.1, 0.15) is 11.1 Å². The molecule has 1 fully saturated rings. The van der Waals surface area contributed by atoms with Crippen molar-refractivity contribution in [2.24, 2.45) is 5.73 Å². The van der Waals surface area contributed by atoms with Gasteiger partial charge in [-0.15, -0.1) is 0 Å². The number of thiocarbonyl (C=S) groups is 1. The Hall–Kier alpha value is -1.66. The number of urea groups is 1. The maximum Gasteiger partial charge on any atom is 0.322 e. The number of aryl methyl sites for hydroxylation is 1. The van der Waals surface area contributed by atoms with E-state index in [4.69, 9.17) is 22.7 Å². The molecule has 1 heterocycles. The maximum atomic E-state index is 12.1. The van der Waals surface area contributed by atoms with Crippen molar-refractivity contribution in [1.29, 1.82) is 0 Å². The lowest BCUT2D eigenvalue weighted by Crippen LogP contribution is -2.43. The second-order valence-corrected chi connectivity index (χ2v) is 4.83. The van der Waals surface area contributed by atoms with E-state index in [1.807, 2.05) is 19.1 Å². The molecule has 3 N–H and O–H groups in total. The van der Waals surface area contributed by atoms with E-state index in [0.717, 1.165) is 11.1 Å². The van der Waals surface area contributed by atoms with Gasteiger partial charge in [0.15, 0.2) is 0 Å². The Kier molecular flexibility index (Phi) is 4.34. The number of hydrogen-bond acceptors (Lipinski definition) is 3. The molecule has 0 saturated carbocycles. The van der Waals surface area contributed by atoms with Gasteiger partial charge >= 0.3 is 6.03 Å². The smallest absolute Gasteiger partial charge is 0.322 e. The van der Waals surface area contributed by atoms with Crippen molar-refractivity contribution in [3.63, 3.8) is 0 Å². The summed E-state index contributed by atoms with van der Waals surface area (Å²) in [6.45, 7) is 4.26. The van der Waals surface area contributed by atoms with Crippen LogP contribution in [0.5, 0.6) is 0 Å². The first-order valence-corrected chi connectivity index (χ1v) is 6.53. The molecule has 2 rings (SSSR count). The van der Waals surface area contributed by atoms with Crippen LogP contribution in [-0.4, -0.2) is 42.2 Å². The van der Waals surface area contributed by atoms with E-state index in [1.54, 1.807) is 11.0 Å². The lowest BCUT2D eigenvalue weighted by atomic mass is 10.1. The minimum Gasteiger partial charge on any atom is -0.389 e. The summed E-state index contributed by atoms with van der Waals surface area (Å²) >= 11 is 5.04. The number of morpholine rings is 1. The Morgan fingerprint density at radius 1 is 1.42 bits per heavy atom. The van der Waals surface area contributed by atoms with Crippen molar-refractivity contribution in [3.8, 4) is 0 Å². The number of carbonyl (C=O) groups is 1. The summed E-state index contributed by atoms with van der Waals surface area (Å²) in [7, 11) is 0. The minimum atomic E-state index is -0.147. The molecule has 2 amide bonds. The summed E-state index contributed by atoms with van der Waals surface area (Å²) < 4.78 is 5.22. The van der Waals surface area contributed by atoms with Crippen molar-refractivity contribution in [3.05, 3.63) is 29.3 Å². The van der Waals surface area contributed by atoms with Crippen LogP contribution in [0.15, 0.2) is 18.2 Å². The molecule has 1 aromatic rings. The number of rotatable bonds is 2. The standard InChI is InChI=1S/C13H17N3O2S/c1-9-3-2-4-10(11(9)12(14)19)15-13(17)16-5-7-18-8-6-16/h2-4H,5-8H2,1H3,(H2,14,19)(H,15,17). The molecule has 5 nitrogen and oxygen atoms in total. The van der Waals surface area contributed by atoms with Crippen LogP contribution in [0.4, 0.5) is 10.5 Å². The van der Waals surface area contributed by atoms with E-state index in [-0.39, 0.29) is 11.0 Å². The number of nitrogens with two attached hydrogens (primary N) is 1. The number of ether oxygens (including phenoxy) is 1. The van der Waals surface area contributed by atoms with Gasteiger partial charge in [0, 0.05) is 18.7 Å². The van der Waals surface area contributed by atoms with Crippen molar-refractivity contribution in [2.75, 3.05) is 31.6 Å². The molecular weight excluding hydrogens is 262 g/mol. The highest BCUT2D eigenvalue weighted by Gasteiger charge is 2.18. The van der Waals surface area contributed by atoms with E-state index in [0.29, 0.717) is 32.0 Å². The minimum absolute atomic E-state index is 0.147. The van der Waals surface area contributed by atoms with Gasteiger partial charge < -0.3 is 20.7 Å². The first-order valence-electron chi connectivity index (χ1n) is 6.12. The fraction of sp³-hybridized carbons (Fsp3) is 0.385. The third-order valence-electron chi connectivity index (χ3n) is 3.06. The molecule has 102 valence electrons. The van der Waals surface area contributed by atoms with Crippen LogP contribution in [-0.2, 0) is 4.74 Å². The average Bonchev–Trinajstić information content (AvgIpc) is 2.39. The first kappa shape index (κ1) is 13.8. The number of hydrogen-bond donors (Lipinski definition) is 2. The monoisotopic (exact) mass is 279 g/mol. The third-order valence-corrected chi connectivity index (χ3v) is 3.26. The van der Waals surface area contributed by atoms with Crippen LogP contribution < -0.4 is 11.1 Å². The number of nitrogens with zero attached hydrogens (tertiary/aromatic N) is 1. The van der Waals surface area contributed by atoms with Crippen LogP contribution in [0.25, 0.3) is 0 Å². The lowest BCUT2D eigenvalue weighted by Gasteiger charge is -2.27. The Morgan fingerprint density at radius 3 is 2.74 bits per heavy atom. The predicted molar refractivity (Wildman–Crippen MR) is 78.5 cm³/mol. The summed E-state index contributed by atoms with van der Waals surface area (Å²) in [4.78, 5) is 14.1. The zero-order valence-corrected chi connectivity index (χ0v) is 11.6. The van der Waals surface area contributed by atoms with E-state index in [2.05, 4.69) is 5.32 Å². The second kappa shape index (κ2) is 5.99. The molecule has 0 spiro atoms. The van der Waals surface area contributed by atoms with Gasteiger partial charge in [0.05, 0.1) is 18.9 Å². The SMILES string of the molecule is Cc1cccc(NC(=O)N2CCOCC2)c1C(N)=S. The zero-order valence-electron chi connectivity index (χ0n) is 10.8. The van der Waals surface area contributed by atoms with Crippen LogP contribution in [0, 0.1) is 6.92 Å². The molecule has 0 aromatic heterocycles. The summed E-state index contributed by atoms with van der Waals surface area (Å²) in [5, 5.41) is 2.87. The number of amides is 2. The molecule has 1 aliphatic rings. The largest absolute Gasteiger partial charge is 0.389 e. The fourth-order valence-corrected chi connectivity index (χ4v) is 2.33. The molecule has 1 aliphatic heterocycles. The Bertz CT molecular complexity index is 499. The van der Waals surface area contributed by atoms with E-state index >= 15 is 0 Å². The summed E-state index contributed by atoms with van der Waals surface area (Å²) in [6, 6.07) is 5.44. The number of carbonyl (C=O) groups excluding carboxylic acids is 1. The van der Waals surface area contributed by atoms with Gasteiger partial charge in [-0.05, 0) is 18.6 Å². The van der Waals surface area contributed by atoms with E-state index in [1.165, 1.54) is 0 Å². The van der Waals surface area contributed by atoms with Crippen molar-refractivity contribution < 1.29 is 9.53 Å². The predicted octanol–water partition coefficient (Wildman–Crippen LogP) is 1.49. The normalized spacial score (nSPS) is 15.1. The van der Waals surface area contributed by atoms with Gasteiger partial charge in [0.2, 0.25) is 0 Å². The van der Waals surface area contributed by atoms with Gasteiger partial charge in [-0.1, -0.05) is 24.4 Å². The third kappa shape index (κ3) is 3.21. The summed E-state index contributed by atoms with van der Waals surface area (Å²) in [6.07, 6.45) is 0. The molecule has 1 aromatic carbocycles. The Balaban J connectivity index is 2.16. The van der Waals surface area contributed by atoms with Crippen molar-refractivity contribution in [1.82, 2.24) is 4.90 Å². The van der Waals surface area contributed by atoms with Crippen LogP contribution in [0.3, 0.4) is 0 Å². The first-order chi connectivity index (χ1) is 9.09. The molecule has 0 atom stereocenters. The highest BCUT2D eigenvalue weighted by atomic mass is 32.1. The second-order valence-electron chi connectivity index (χ2n) is 4.39. The van der Waals surface area contributed by atoms with Crippen molar-refractivity contribution >= 4 is 28.9 Å². The number of nitrogens with one attached hydrogen (secondary N) is 1. The highest BCUT2D eigenvalue weighted by Crippen LogP contribution is 2.20. The Morgan fingerprint density at radius 2 is 2.11 bits per heavy atom. The van der Waals surface area contributed by atoms with Crippen molar-refractivity contribution in [2.45, 2.75) is 6.92 Å². The summed E-state index contributed by atoms with van der Waals surface area (Å²) in [5.74, 6) is 0. The Labute approximate surface area is 117 Å². The van der Waals surface area contributed by atoms with Gasteiger partial charge in [0.25, 0.3) is 0 Å². The van der Waals surface area contributed by atoms with E-state index < -0.39 is 0 Å². The molecule has 6 heteroatoms. The van der Waals surface area contributed by atoms with Crippen LogP contribution >= 0.6 is 12.2 Å². The molecule has 19 heavy (non-hydrogen) atoms. The maximum absolute atomic E-state index is 12.1. The topological polar surface area (TPSA) is 67.6 Å². The summed E-state index contributed by atoms with van der Waals surface area (Å²) in [5.41, 5.74) is 8.05. The lowest BCUT2D eigenvalue weighted by molar-refractivity contribution is 0.0564. The molecule has 1 saturated heterocycles. The van der Waals surface area contributed by atoms with Gasteiger partial charge in [-0.2, -0.15) is 0 Å². The van der Waals surface area contributed by atoms with Crippen LogP contribution in [0.2, 0.25) is 0 Å². The molecule has 0 aliphatic carbocycles. The number of anilines is 1. The quantitative estimate of drug-likeness (QED) is 0.805. The van der Waals surface area contributed by atoms with Gasteiger partial charge in [0.1, 0.15) is 4.99 Å². The molecule has 0 radical (unpaired) electrons. The van der Waals surface area contributed by atoms with Gasteiger partial charge in [-0.25, -0.2) is 4.79 Å². The number of benzene rings is 1. The molecule has 0 unspecified atom stereocenters. The highest BCUT2D eigenvalue weighted by molar-refractivity contribution is 7.80. The molecule has 0 bridgehead atoms. The fourth-order valence-electron chi connectivity index (χ4n) is 2.06. The average molecular weight is 279 g/mol.